The van der Waals surface area contributed by atoms with Gasteiger partial charge in [-0.05, 0) is 50.5 Å². The summed E-state index contributed by atoms with van der Waals surface area (Å²) in [7, 11) is 0. The zero-order valence-electron chi connectivity index (χ0n) is 12.5. The summed E-state index contributed by atoms with van der Waals surface area (Å²) in [6.07, 6.45) is 0. The largest absolute Gasteiger partial charge is 0.377 e. The molecule has 0 bridgehead atoms. The Labute approximate surface area is 121 Å². The highest BCUT2D eigenvalue weighted by Crippen LogP contribution is 2.26. The van der Waals surface area contributed by atoms with Gasteiger partial charge < -0.3 is 5.32 Å². The summed E-state index contributed by atoms with van der Waals surface area (Å²) in [6.45, 7) is 8.31. The van der Waals surface area contributed by atoms with Crippen LogP contribution in [0.1, 0.15) is 40.8 Å². The molecule has 0 aliphatic rings. The van der Waals surface area contributed by atoms with Gasteiger partial charge in [-0.1, -0.05) is 35.9 Å². The topological polar surface area (TPSA) is 35.8 Å². The summed E-state index contributed by atoms with van der Waals surface area (Å²) < 4.78 is 0. The smallest absolute Gasteiger partial charge is 0.102 e. The van der Waals surface area contributed by atoms with E-state index in [1.807, 2.05) is 25.1 Å². The number of nitrogens with zero attached hydrogens (tertiary/aromatic N) is 1. The fourth-order valence-corrected chi connectivity index (χ4v) is 2.47. The van der Waals surface area contributed by atoms with E-state index in [0.29, 0.717) is 0 Å². The lowest BCUT2D eigenvalue weighted by Crippen LogP contribution is -2.10. The number of rotatable bonds is 3. The lowest BCUT2D eigenvalue weighted by atomic mass is 9.99. The second-order valence-corrected chi connectivity index (χ2v) is 5.34. The molecule has 0 aromatic heterocycles. The first-order valence-corrected chi connectivity index (χ1v) is 6.86. The maximum Gasteiger partial charge on any atom is 0.102 e. The van der Waals surface area contributed by atoms with E-state index in [9.17, 15) is 5.26 Å². The molecule has 0 aliphatic carbocycles. The van der Waals surface area contributed by atoms with E-state index in [-0.39, 0.29) is 6.04 Å². The molecule has 1 N–H and O–H groups in total. The minimum absolute atomic E-state index is 0.170. The van der Waals surface area contributed by atoms with Crippen molar-refractivity contribution in [2.45, 2.75) is 33.7 Å². The summed E-state index contributed by atoms with van der Waals surface area (Å²) in [5, 5.41) is 12.8. The summed E-state index contributed by atoms with van der Waals surface area (Å²) in [4.78, 5) is 0. The molecule has 2 nitrogen and oxygen atoms in total. The Morgan fingerprint density at radius 2 is 1.80 bits per heavy atom. The van der Waals surface area contributed by atoms with Crippen LogP contribution in [0.4, 0.5) is 5.69 Å². The average Bonchev–Trinajstić information content (AvgIpc) is 2.41. The first-order valence-electron chi connectivity index (χ1n) is 6.86. The van der Waals surface area contributed by atoms with Gasteiger partial charge in [0.1, 0.15) is 6.07 Å². The Morgan fingerprint density at radius 3 is 2.50 bits per heavy atom. The van der Waals surface area contributed by atoms with Crippen molar-refractivity contribution >= 4 is 5.69 Å². The number of anilines is 1. The van der Waals surface area contributed by atoms with Crippen LogP contribution in [0.2, 0.25) is 0 Å². The van der Waals surface area contributed by atoms with Crippen molar-refractivity contribution in [2.75, 3.05) is 5.32 Å². The van der Waals surface area contributed by atoms with E-state index in [4.69, 9.17) is 0 Å². The Hall–Kier alpha value is -2.27. The van der Waals surface area contributed by atoms with Crippen LogP contribution in [-0.4, -0.2) is 0 Å². The van der Waals surface area contributed by atoms with E-state index in [0.717, 1.165) is 16.8 Å². The van der Waals surface area contributed by atoms with E-state index in [1.165, 1.54) is 16.7 Å². The molecule has 1 unspecified atom stereocenters. The first kappa shape index (κ1) is 14.1. The van der Waals surface area contributed by atoms with Crippen LogP contribution in [0.25, 0.3) is 0 Å². The van der Waals surface area contributed by atoms with Gasteiger partial charge in [0.2, 0.25) is 0 Å². The van der Waals surface area contributed by atoms with Crippen LogP contribution >= 0.6 is 0 Å². The van der Waals surface area contributed by atoms with E-state index >= 15 is 0 Å². The van der Waals surface area contributed by atoms with Gasteiger partial charge in [-0.2, -0.15) is 5.26 Å². The molecular formula is C18H20N2. The van der Waals surface area contributed by atoms with Crippen molar-refractivity contribution in [3.63, 3.8) is 0 Å². The van der Waals surface area contributed by atoms with Gasteiger partial charge in [-0.15, -0.1) is 0 Å². The van der Waals surface area contributed by atoms with Gasteiger partial charge in [0.05, 0.1) is 11.3 Å². The Balaban J connectivity index is 2.33. The van der Waals surface area contributed by atoms with Crippen molar-refractivity contribution in [2.24, 2.45) is 0 Å². The number of aryl methyl sites for hydroxylation is 3. The van der Waals surface area contributed by atoms with Gasteiger partial charge in [0.15, 0.2) is 0 Å². The van der Waals surface area contributed by atoms with Gasteiger partial charge in [0, 0.05) is 6.04 Å². The maximum absolute atomic E-state index is 9.29. The molecule has 102 valence electrons. The molecule has 20 heavy (non-hydrogen) atoms. The number of hydrogen-bond acceptors (Lipinski definition) is 2. The van der Waals surface area contributed by atoms with Gasteiger partial charge in [-0.3, -0.25) is 0 Å². The molecule has 2 aromatic carbocycles. The molecular weight excluding hydrogens is 244 g/mol. The Bertz CT molecular complexity index is 666. The normalized spacial score (nSPS) is 11.8. The van der Waals surface area contributed by atoms with Crippen molar-refractivity contribution in [1.29, 1.82) is 5.26 Å². The van der Waals surface area contributed by atoms with Crippen LogP contribution in [0.5, 0.6) is 0 Å². The third kappa shape index (κ3) is 2.83. The molecule has 2 aromatic rings. The lowest BCUT2D eigenvalue weighted by Gasteiger charge is -2.19. The van der Waals surface area contributed by atoms with E-state index in [2.05, 4.69) is 50.4 Å². The molecule has 0 amide bonds. The van der Waals surface area contributed by atoms with Crippen molar-refractivity contribution < 1.29 is 0 Å². The van der Waals surface area contributed by atoms with Crippen LogP contribution in [0.15, 0.2) is 36.4 Å². The van der Waals surface area contributed by atoms with Crippen LogP contribution in [0.3, 0.4) is 0 Å². The highest BCUT2D eigenvalue weighted by molar-refractivity contribution is 5.61. The predicted octanol–water partition coefficient (Wildman–Crippen LogP) is 4.66. The molecule has 1 atom stereocenters. The van der Waals surface area contributed by atoms with Crippen molar-refractivity contribution in [3.05, 3.63) is 64.2 Å². The second-order valence-electron chi connectivity index (χ2n) is 5.34. The number of nitrogens with one attached hydrogen (secondary N) is 1. The van der Waals surface area contributed by atoms with E-state index in [1.54, 1.807) is 0 Å². The highest BCUT2D eigenvalue weighted by Gasteiger charge is 2.11. The quantitative estimate of drug-likeness (QED) is 0.875. The predicted molar refractivity (Wildman–Crippen MR) is 83.8 cm³/mol. The van der Waals surface area contributed by atoms with Gasteiger partial charge >= 0.3 is 0 Å². The third-order valence-electron chi connectivity index (χ3n) is 3.66. The molecule has 2 heteroatoms. The lowest BCUT2D eigenvalue weighted by molar-refractivity contribution is 0.871. The monoisotopic (exact) mass is 264 g/mol. The Kier molecular flexibility index (Phi) is 4.10. The molecule has 0 aliphatic heterocycles. The molecule has 0 radical (unpaired) electrons. The fourth-order valence-electron chi connectivity index (χ4n) is 2.47. The highest BCUT2D eigenvalue weighted by atomic mass is 14.9. The molecule has 0 saturated carbocycles. The number of hydrogen-bond donors (Lipinski definition) is 1. The zero-order valence-corrected chi connectivity index (χ0v) is 12.5. The third-order valence-corrected chi connectivity index (χ3v) is 3.66. The average molecular weight is 264 g/mol. The molecule has 0 spiro atoms. The second kappa shape index (κ2) is 5.79. The molecule has 0 heterocycles. The summed E-state index contributed by atoms with van der Waals surface area (Å²) in [5.74, 6) is 0. The Morgan fingerprint density at radius 1 is 1.05 bits per heavy atom. The van der Waals surface area contributed by atoms with Crippen LogP contribution in [0, 0.1) is 32.1 Å². The summed E-state index contributed by atoms with van der Waals surface area (Å²) in [6, 6.07) is 14.8. The summed E-state index contributed by atoms with van der Waals surface area (Å²) >= 11 is 0. The summed E-state index contributed by atoms with van der Waals surface area (Å²) in [5.41, 5.74) is 6.43. The van der Waals surface area contributed by atoms with E-state index < -0.39 is 0 Å². The van der Waals surface area contributed by atoms with Gasteiger partial charge in [-0.25, -0.2) is 0 Å². The van der Waals surface area contributed by atoms with Crippen molar-refractivity contribution in [1.82, 2.24) is 0 Å². The standard InChI is InChI=1S/C18H20N2/c1-12-8-9-14(3)16(10-12)15(4)20-18-7-5-6-13(2)17(18)11-19/h5-10,15,20H,1-4H3. The van der Waals surface area contributed by atoms with Gasteiger partial charge in [0.25, 0.3) is 0 Å². The molecule has 0 saturated heterocycles. The first-order chi connectivity index (χ1) is 9.52. The zero-order chi connectivity index (χ0) is 14.7. The minimum atomic E-state index is 0.170. The molecule has 2 rings (SSSR count). The molecule has 0 fully saturated rings. The van der Waals surface area contributed by atoms with Crippen LogP contribution < -0.4 is 5.32 Å². The number of nitriles is 1. The minimum Gasteiger partial charge on any atom is -0.377 e. The number of benzene rings is 2. The fraction of sp³-hybridized carbons (Fsp3) is 0.278. The van der Waals surface area contributed by atoms with Crippen LogP contribution in [-0.2, 0) is 0 Å². The SMILES string of the molecule is Cc1ccc(C)c(C(C)Nc2cccc(C)c2C#N)c1. The maximum atomic E-state index is 9.29. The van der Waals surface area contributed by atoms with Crippen molar-refractivity contribution in [3.8, 4) is 6.07 Å².